The highest BCUT2D eigenvalue weighted by molar-refractivity contribution is 5.95. The summed E-state index contributed by atoms with van der Waals surface area (Å²) in [6.07, 6.45) is 10.4. The van der Waals surface area contributed by atoms with Crippen molar-refractivity contribution in [1.29, 1.82) is 0 Å². The predicted octanol–water partition coefficient (Wildman–Crippen LogP) is 2.84. The number of piperidine rings is 1. The quantitative estimate of drug-likeness (QED) is 0.702. The zero-order chi connectivity index (χ0) is 21.4. The lowest BCUT2D eigenvalue weighted by Gasteiger charge is -2.34. The van der Waals surface area contributed by atoms with E-state index < -0.39 is 0 Å². The van der Waals surface area contributed by atoms with Crippen LogP contribution in [0.2, 0.25) is 0 Å². The lowest BCUT2D eigenvalue weighted by atomic mass is 9.92. The summed E-state index contributed by atoms with van der Waals surface area (Å²) in [5.41, 5.74) is 4.99. The van der Waals surface area contributed by atoms with Gasteiger partial charge in [-0.15, -0.1) is 0 Å². The van der Waals surface area contributed by atoms with Crippen molar-refractivity contribution in [3.63, 3.8) is 0 Å². The molecule has 3 aromatic heterocycles. The molecular formula is C23H27N7O. The lowest BCUT2D eigenvalue weighted by Crippen LogP contribution is -2.36. The van der Waals surface area contributed by atoms with Gasteiger partial charge in [-0.3, -0.25) is 14.9 Å². The second-order valence-electron chi connectivity index (χ2n) is 8.57. The summed E-state index contributed by atoms with van der Waals surface area (Å²) in [4.78, 5) is 30.7. The monoisotopic (exact) mass is 417 g/mol. The lowest BCUT2D eigenvalue weighted by molar-refractivity contribution is 0.0826. The number of pyridine rings is 1. The van der Waals surface area contributed by atoms with Crippen molar-refractivity contribution >= 4 is 11.7 Å². The van der Waals surface area contributed by atoms with E-state index in [-0.39, 0.29) is 11.8 Å². The van der Waals surface area contributed by atoms with Crippen LogP contribution in [0.4, 0.5) is 5.82 Å². The molecule has 0 radical (unpaired) electrons. The molecule has 160 valence electrons. The van der Waals surface area contributed by atoms with Gasteiger partial charge in [0.2, 0.25) is 0 Å². The topological polar surface area (TPSA) is 90.9 Å². The van der Waals surface area contributed by atoms with Crippen LogP contribution >= 0.6 is 0 Å². The number of carbonyl (C=O) groups is 1. The molecule has 1 aliphatic carbocycles. The Morgan fingerprint density at radius 3 is 2.90 bits per heavy atom. The molecule has 2 aliphatic rings. The van der Waals surface area contributed by atoms with E-state index in [2.05, 4.69) is 20.1 Å². The van der Waals surface area contributed by atoms with E-state index in [0.717, 1.165) is 73.8 Å². The van der Waals surface area contributed by atoms with Gasteiger partial charge in [-0.05, 0) is 44.2 Å². The van der Waals surface area contributed by atoms with E-state index in [4.69, 9.17) is 9.97 Å². The zero-order valence-electron chi connectivity index (χ0n) is 18.0. The summed E-state index contributed by atoms with van der Waals surface area (Å²) in [6.45, 7) is 1.77. The summed E-state index contributed by atoms with van der Waals surface area (Å²) in [5, 5.41) is 7.29. The summed E-state index contributed by atoms with van der Waals surface area (Å²) < 4.78 is 0. The number of hydrogen-bond acceptors (Lipinski definition) is 6. The Labute approximate surface area is 181 Å². The first-order valence-electron chi connectivity index (χ1n) is 10.9. The van der Waals surface area contributed by atoms with Crippen LogP contribution in [0.3, 0.4) is 0 Å². The highest BCUT2D eigenvalue weighted by Gasteiger charge is 2.31. The van der Waals surface area contributed by atoms with Crippen LogP contribution in [0.15, 0.2) is 30.7 Å². The van der Waals surface area contributed by atoms with Gasteiger partial charge in [-0.25, -0.2) is 9.97 Å². The van der Waals surface area contributed by atoms with Gasteiger partial charge in [0.25, 0.3) is 5.91 Å². The van der Waals surface area contributed by atoms with Gasteiger partial charge in [-0.1, -0.05) is 0 Å². The number of amides is 1. The van der Waals surface area contributed by atoms with E-state index in [9.17, 15) is 4.79 Å². The molecule has 31 heavy (non-hydrogen) atoms. The largest absolute Gasteiger partial charge is 0.356 e. The van der Waals surface area contributed by atoms with Crippen molar-refractivity contribution in [2.75, 3.05) is 32.1 Å². The molecule has 1 N–H and O–H groups in total. The number of nitrogens with zero attached hydrogens (tertiary/aromatic N) is 6. The Morgan fingerprint density at radius 2 is 2.10 bits per heavy atom. The van der Waals surface area contributed by atoms with Gasteiger partial charge in [0.15, 0.2) is 5.82 Å². The normalized spacial score (nSPS) is 18.1. The number of carbonyl (C=O) groups excluding carboxylic acids is 1. The van der Waals surface area contributed by atoms with E-state index in [0.29, 0.717) is 5.56 Å². The van der Waals surface area contributed by atoms with Gasteiger partial charge in [0.1, 0.15) is 5.82 Å². The Kier molecular flexibility index (Phi) is 5.13. The second kappa shape index (κ2) is 8.09. The third-order valence-corrected chi connectivity index (χ3v) is 6.27. The Balaban J connectivity index is 1.48. The third kappa shape index (κ3) is 3.66. The number of aromatic nitrogens is 5. The first-order chi connectivity index (χ1) is 15.1. The third-order valence-electron chi connectivity index (χ3n) is 6.27. The van der Waals surface area contributed by atoms with E-state index in [1.54, 1.807) is 31.4 Å². The molecule has 1 fully saturated rings. The van der Waals surface area contributed by atoms with Crippen LogP contribution in [0.1, 0.15) is 52.5 Å². The Morgan fingerprint density at radius 1 is 1.19 bits per heavy atom. The Hall–Kier alpha value is -3.29. The fourth-order valence-electron chi connectivity index (χ4n) is 4.72. The maximum atomic E-state index is 12.6. The second-order valence-corrected chi connectivity index (χ2v) is 8.57. The molecule has 0 saturated carbocycles. The molecule has 4 heterocycles. The first kappa shape index (κ1) is 19.7. The van der Waals surface area contributed by atoms with Crippen molar-refractivity contribution in [2.45, 2.75) is 38.0 Å². The number of H-pyrrole nitrogens is 1. The van der Waals surface area contributed by atoms with Crippen LogP contribution in [0, 0.1) is 0 Å². The summed E-state index contributed by atoms with van der Waals surface area (Å²) in [7, 11) is 3.55. The van der Waals surface area contributed by atoms with Crippen molar-refractivity contribution in [3.05, 3.63) is 53.2 Å². The van der Waals surface area contributed by atoms with Crippen molar-refractivity contribution in [3.8, 4) is 11.4 Å². The highest BCUT2D eigenvalue weighted by Crippen LogP contribution is 2.36. The number of rotatable bonds is 4. The van der Waals surface area contributed by atoms with Gasteiger partial charge < -0.3 is 9.80 Å². The van der Waals surface area contributed by atoms with Gasteiger partial charge in [0.05, 0.1) is 17.5 Å². The highest BCUT2D eigenvalue weighted by atomic mass is 16.2. The van der Waals surface area contributed by atoms with Crippen molar-refractivity contribution in [2.24, 2.45) is 0 Å². The fraction of sp³-hybridized carbons (Fsp3) is 0.435. The predicted molar refractivity (Wildman–Crippen MR) is 118 cm³/mol. The SMILES string of the molecule is CN(C)C(=O)c1cn[nH]c1C1CCCN(c2nc(-c3cccnc3)nc3c2CCC3)C1. The van der Waals surface area contributed by atoms with Crippen LogP contribution < -0.4 is 4.90 Å². The molecule has 0 spiro atoms. The molecule has 5 rings (SSSR count). The van der Waals surface area contributed by atoms with Crippen LogP contribution in [0.5, 0.6) is 0 Å². The van der Waals surface area contributed by atoms with Gasteiger partial charge >= 0.3 is 0 Å². The molecule has 3 aromatic rings. The Bertz CT molecular complexity index is 1090. The molecule has 1 aliphatic heterocycles. The minimum absolute atomic E-state index is 0.0114. The van der Waals surface area contributed by atoms with Gasteiger partial charge in [0, 0.05) is 62.3 Å². The average molecular weight is 418 g/mol. The van der Waals surface area contributed by atoms with Crippen molar-refractivity contribution in [1.82, 2.24) is 30.0 Å². The molecule has 0 aromatic carbocycles. The fourth-order valence-corrected chi connectivity index (χ4v) is 4.72. The van der Waals surface area contributed by atoms with Crippen LogP contribution in [-0.2, 0) is 12.8 Å². The van der Waals surface area contributed by atoms with Crippen LogP contribution in [0.25, 0.3) is 11.4 Å². The zero-order valence-corrected chi connectivity index (χ0v) is 18.0. The summed E-state index contributed by atoms with van der Waals surface area (Å²) in [6, 6.07) is 3.93. The first-order valence-corrected chi connectivity index (χ1v) is 10.9. The van der Waals surface area contributed by atoms with E-state index in [1.807, 2.05) is 18.3 Å². The smallest absolute Gasteiger partial charge is 0.256 e. The molecular weight excluding hydrogens is 390 g/mol. The standard InChI is InChI=1S/C23H27N7O/c1-29(2)23(31)18-13-25-28-20(18)16-7-5-11-30(14-16)22-17-8-3-9-19(17)26-21(27-22)15-6-4-10-24-12-15/h4,6,10,12-13,16H,3,5,7-9,11,14H2,1-2H3,(H,25,28). The molecule has 1 saturated heterocycles. The van der Waals surface area contributed by atoms with E-state index in [1.165, 1.54) is 5.56 Å². The van der Waals surface area contributed by atoms with Crippen LogP contribution in [-0.4, -0.2) is 63.1 Å². The van der Waals surface area contributed by atoms with E-state index >= 15 is 0 Å². The molecule has 8 nitrogen and oxygen atoms in total. The van der Waals surface area contributed by atoms with Gasteiger partial charge in [-0.2, -0.15) is 5.10 Å². The minimum Gasteiger partial charge on any atom is -0.356 e. The molecule has 0 bridgehead atoms. The molecule has 1 unspecified atom stereocenters. The number of anilines is 1. The molecule has 8 heteroatoms. The maximum absolute atomic E-state index is 12.6. The number of fused-ring (bicyclic) bond motifs is 1. The summed E-state index contributed by atoms with van der Waals surface area (Å²) in [5.74, 6) is 1.99. The number of hydrogen-bond donors (Lipinski definition) is 1. The maximum Gasteiger partial charge on any atom is 0.256 e. The number of aromatic amines is 1. The average Bonchev–Trinajstić information content (AvgIpc) is 3.48. The summed E-state index contributed by atoms with van der Waals surface area (Å²) >= 11 is 0. The number of nitrogens with one attached hydrogen (secondary N) is 1. The number of aryl methyl sites for hydroxylation is 1. The minimum atomic E-state index is -0.0114. The molecule has 1 amide bonds. The van der Waals surface area contributed by atoms with Crippen molar-refractivity contribution < 1.29 is 4.79 Å². The molecule has 1 atom stereocenters.